The largest absolute Gasteiger partial charge is 0.468 e. The number of hydrogen-bond acceptors (Lipinski definition) is 7. The fraction of sp³-hybridized carbons (Fsp3) is 0.882. The summed E-state index contributed by atoms with van der Waals surface area (Å²) in [6.07, 6.45) is 1.70. The van der Waals surface area contributed by atoms with Crippen molar-refractivity contribution in [3.05, 3.63) is 0 Å². The molecule has 7 nitrogen and oxygen atoms in total. The summed E-state index contributed by atoms with van der Waals surface area (Å²) in [4.78, 5) is 24.6. The van der Waals surface area contributed by atoms with Gasteiger partial charge in [-0.3, -0.25) is 9.59 Å². The van der Waals surface area contributed by atoms with Gasteiger partial charge >= 0.3 is 11.9 Å². The Hall–Kier alpha value is -0.700. The second-order valence-corrected chi connectivity index (χ2v) is 7.29. The molecular formula is C17H29BrO7. The fourth-order valence-corrected chi connectivity index (χ4v) is 4.15. The summed E-state index contributed by atoms with van der Waals surface area (Å²) in [6, 6.07) is 0. The highest BCUT2D eigenvalue weighted by atomic mass is 79.9. The minimum absolute atomic E-state index is 0.110. The smallest absolute Gasteiger partial charge is 0.320 e. The molecule has 1 N–H and O–H groups in total. The van der Waals surface area contributed by atoms with Gasteiger partial charge in [-0.2, -0.15) is 0 Å². The van der Waals surface area contributed by atoms with Crippen LogP contribution in [0.5, 0.6) is 0 Å². The van der Waals surface area contributed by atoms with Gasteiger partial charge in [0.15, 0.2) is 5.92 Å². The van der Waals surface area contributed by atoms with Crippen LogP contribution in [0.4, 0.5) is 0 Å². The Morgan fingerprint density at radius 1 is 1.20 bits per heavy atom. The predicted molar refractivity (Wildman–Crippen MR) is 94.1 cm³/mol. The van der Waals surface area contributed by atoms with Crippen molar-refractivity contribution in [2.75, 3.05) is 33.5 Å². The number of alkyl halides is 1. The molecule has 1 rings (SSSR count). The lowest BCUT2D eigenvalue weighted by Gasteiger charge is -2.49. The molecule has 0 aliphatic heterocycles. The Balaban J connectivity index is 3.24. The van der Waals surface area contributed by atoms with Crippen LogP contribution < -0.4 is 0 Å². The number of aliphatic hydroxyl groups excluding tert-OH is 1. The molecule has 0 bridgehead atoms. The molecular weight excluding hydrogens is 396 g/mol. The van der Waals surface area contributed by atoms with Gasteiger partial charge in [0.05, 0.1) is 26.4 Å². The molecule has 1 aliphatic carbocycles. The van der Waals surface area contributed by atoms with E-state index in [0.29, 0.717) is 18.2 Å². The molecule has 25 heavy (non-hydrogen) atoms. The van der Waals surface area contributed by atoms with Gasteiger partial charge in [-0.25, -0.2) is 0 Å². The molecule has 0 unspecified atom stereocenters. The molecule has 0 amide bonds. The van der Waals surface area contributed by atoms with Crippen molar-refractivity contribution in [3.63, 3.8) is 0 Å². The highest BCUT2D eigenvalue weighted by Gasteiger charge is 2.53. The zero-order valence-electron chi connectivity index (χ0n) is 15.3. The predicted octanol–water partition coefficient (Wildman–Crippen LogP) is 1.89. The number of halogens is 1. The maximum Gasteiger partial charge on any atom is 0.320 e. The molecule has 8 heteroatoms. The number of carbonyl (C=O) groups is 2. The molecule has 1 fully saturated rings. The van der Waals surface area contributed by atoms with Crippen molar-refractivity contribution in [1.29, 1.82) is 0 Å². The van der Waals surface area contributed by atoms with Crippen LogP contribution in [0.3, 0.4) is 0 Å². The summed E-state index contributed by atoms with van der Waals surface area (Å²) in [6.45, 7) is 2.06. The number of hydrogen-bond donors (Lipinski definition) is 1. The highest BCUT2D eigenvalue weighted by Crippen LogP contribution is 2.50. The van der Waals surface area contributed by atoms with E-state index in [1.54, 1.807) is 0 Å². The van der Waals surface area contributed by atoms with Gasteiger partial charge < -0.3 is 24.1 Å². The van der Waals surface area contributed by atoms with Crippen LogP contribution in [0.2, 0.25) is 0 Å². The number of aliphatic hydroxyl groups is 1. The first-order valence-electron chi connectivity index (χ1n) is 8.35. The summed E-state index contributed by atoms with van der Waals surface area (Å²) in [5.74, 6) is -2.65. The molecule has 1 aliphatic rings. The normalized spacial score (nSPS) is 27.8. The third kappa shape index (κ3) is 5.39. The monoisotopic (exact) mass is 424 g/mol. The lowest BCUT2D eigenvalue weighted by Crippen LogP contribution is -2.52. The van der Waals surface area contributed by atoms with Crippen molar-refractivity contribution >= 4 is 27.9 Å². The van der Waals surface area contributed by atoms with Gasteiger partial charge in [0.1, 0.15) is 6.79 Å². The van der Waals surface area contributed by atoms with Gasteiger partial charge in [-0.1, -0.05) is 29.3 Å². The lowest BCUT2D eigenvalue weighted by molar-refractivity contribution is -0.183. The number of carbonyl (C=O) groups excluding carboxylic acids is 2. The van der Waals surface area contributed by atoms with E-state index in [2.05, 4.69) is 15.9 Å². The van der Waals surface area contributed by atoms with Crippen molar-refractivity contribution in [2.45, 2.75) is 44.8 Å². The minimum atomic E-state index is -1.04. The van der Waals surface area contributed by atoms with Crippen molar-refractivity contribution in [2.24, 2.45) is 17.3 Å². The molecule has 0 aromatic heterocycles. The first kappa shape index (κ1) is 22.3. The fourth-order valence-electron chi connectivity index (χ4n) is 3.92. The molecule has 0 aromatic carbocycles. The second kappa shape index (κ2) is 10.4. The molecule has 0 heterocycles. The summed E-state index contributed by atoms with van der Waals surface area (Å²) in [5.41, 5.74) is -0.614. The SMILES string of the molecule is COCO[C@@H]1CCC[C@@H](C(C(=O)OC)C(=O)OC)[C@@]1(C)C[C@H](O)CBr. The van der Waals surface area contributed by atoms with Crippen LogP contribution in [0.1, 0.15) is 32.6 Å². The maximum absolute atomic E-state index is 12.3. The molecule has 0 radical (unpaired) electrons. The summed E-state index contributed by atoms with van der Waals surface area (Å²) in [7, 11) is 4.05. The van der Waals surface area contributed by atoms with E-state index in [0.717, 1.165) is 12.8 Å². The Kier molecular flexibility index (Phi) is 9.34. The van der Waals surface area contributed by atoms with E-state index in [9.17, 15) is 14.7 Å². The Labute approximate surface area is 157 Å². The third-order valence-corrected chi connectivity index (χ3v) is 5.86. The molecule has 0 spiro atoms. The standard InChI is InChI=1S/C17H29BrO7/c1-17(8-11(19)9-18)12(6-5-7-13(17)25-10-22-2)14(15(20)23-3)16(21)24-4/h11-14,19H,5-10H2,1-4H3/t11-,12-,13+,17+/m0/s1. The van der Waals surface area contributed by atoms with Crippen LogP contribution in [-0.2, 0) is 28.5 Å². The average molecular weight is 425 g/mol. The topological polar surface area (TPSA) is 91.3 Å². The molecule has 4 atom stereocenters. The van der Waals surface area contributed by atoms with Gasteiger partial charge in [-0.15, -0.1) is 0 Å². The van der Waals surface area contributed by atoms with Gasteiger partial charge in [0.25, 0.3) is 0 Å². The van der Waals surface area contributed by atoms with Crippen molar-refractivity contribution < 1.29 is 33.6 Å². The van der Waals surface area contributed by atoms with Crippen LogP contribution in [0.15, 0.2) is 0 Å². The zero-order chi connectivity index (χ0) is 19.0. The van der Waals surface area contributed by atoms with E-state index in [4.69, 9.17) is 18.9 Å². The number of rotatable bonds is 9. The van der Waals surface area contributed by atoms with E-state index in [-0.39, 0.29) is 18.8 Å². The van der Waals surface area contributed by atoms with Crippen molar-refractivity contribution in [1.82, 2.24) is 0 Å². The minimum Gasteiger partial charge on any atom is -0.468 e. The van der Waals surface area contributed by atoms with Crippen LogP contribution in [0, 0.1) is 17.3 Å². The highest BCUT2D eigenvalue weighted by molar-refractivity contribution is 9.09. The van der Waals surface area contributed by atoms with Crippen LogP contribution in [0.25, 0.3) is 0 Å². The molecule has 1 saturated carbocycles. The Morgan fingerprint density at radius 3 is 2.28 bits per heavy atom. The van der Waals surface area contributed by atoms with E-state index < -0.39 is 29.4 Å². The van der Waals surface area contributed by atoms with E-state index >= 15 is 0 Å². The third-order valence-electron chi connectivity index (χ3n) is 5.12. The molecule has 146 valence electrons. The quantitative estimate of drug-likeness (QED) is 0.261. The van der Waals surface area contributed by atoms with Gasteiger partial charge in [0, 0.05) is 17.9 Å². The Bertz CT molecular complexity index is 429. The van der Waals surface area contributed by atoms with Gasteiger partial charge in [0.2, 0.25) is 0 Å². The lowest BCUT2D eigenvalue weighted by atomic mass is 9.59. The number of ether oxygens (including phenoxy) is 4. The Morgan fingerprint density at radius 2 is 1.80 bits per heavy atom. The van der Waals surface area contributed by atoms with E-state index in [1.165, 1.54) is 21.3 Å². The second-order valence-electron chi connectivity index (χ2n) is 6.64. The van der Waals surface area contributed by atoms with Crippen LogP contribution in [-0.4, -0.2) is 62.7 Å². The first-order chi connectivity index (χ1) is 11.8. The number of methoxy groups -OCH3 is 3. The van der Waals surface area contributed by atoms with Crippen molar-refractivity contribution in [3.8, 4) is 0 Å². The summed E-state index contributed by atoms with van der Waals surface area (Å²) in [5, 5.41) is 10.6. The summed E-state index contributed by atoms with van der Waals surface area (Å²) >= 11 is 3.28. The first-order valence-corrected chi connectivity index (χ1v) is 9.48. The summed E-state index contributed by atoms with van der Waals surface area (Å²) < 4.78 is 20.6. The number of esters is 2. The van der Waals surface area contributed by atoms with Crippen LogP contribution >= 0.6 is 15.9 Å². The van der Waals surface area contributed by atoms with E-state index in [1.807, 2.05) is 6.92 Å². The molecule has 0 aromatic rings. The van der Waals surface area contributed by atoms with Gasteiger partial charge in [-0.05, 0) is 25.2 Å². The average Bonchev–Trinajstić information content (AvgIpc) is 2.61. The molecule has 0 saturated heterocycles. The zero-order valence-corrected chi connectivity index (χ0v) is 16.9. The maximum atomic E-state index is 12.3.